The van der Waals surface area contributed by atoms with Crippen LogP contribution in [0.25, 0.3) is 22.2 Å². The molecule has 0 aliphatic heterocycles. The number of nitrogens with zero attached hydrogens (tertiary/aromatic N) is 3. The molecule has 184 valence electrons. The molecule has 1 aromatic heterocycles. The maximum atomic E-state index is 13.8. The minimum atomic E-state index is -1.29. The quantitative estimate of drug-likeness (QED) is 0.336. The van der Waals surface area contributed by atoms with Crippen LogP contribution in [-0.2, 0) is 6.61 Å². The number of hydrogen-bond donors (Lipinski definition) is 2. The van der Waals surface area contributed by atoms with Crippen LogP contribution in [0.1, 0.15) is 38.2 Å². The standard InChI is InChI=1S/C27H24ClN3O5/c1-14-11-15(2)18(16(3)12-14)13-36-21-6-4-5-17-22(21)26(33)23-19(28)7-8-20-24(23)25(17)29-31(20)30(9-10-32)27(34)35/h4-8,11-12,32H,9-10,13H2,1-3H3,(H,34,35). The van der Waals surface area contributed by atoms with E-state index in [9.17, 15) is 19.8 Å². The molecule has 3 aromatic carbocycles. The van der Waals surface area contributed by atoms with Crippen molar-refractivity contribution in [1.29, 1.82) is 0 Å². The molecule has 2 N–H and O–H groups in total. The van der Waals surface area contributed by atoms with E-state index < -0.39 is 12.7 Å². The summed E-state index contributed by atoms with van der Waals surface area (Å²) in [5.41, 5.74) is 6.36. The van der Waals surface area contributed by atoms with Crippen LogP contribution in [0, 0.1) is 20.8 Å². The third-order valence-electron chi connectivity index (χ3n) is 6.49. The number of carboxylic acid groups (broad SMARTS) is 1. The molecule has 9 heteroatoms. The van der Waals surface area contributed by atoms with E-state index in [1.807, 2.05) is 20.8 Å². The highest BCUT2D eigenvalue weighted by molar-refractivity contribution is 6.39. The molecule has 0 radical (unpaired) electrons. The number of carbonyl (C=O) groups excluding carboxylic acids is 1. The summed E-state index contributed by atoms with van der Waals surface area (Å²) in [6.07, 6.45) is -1.29. The van der Waals surface area contributed by atoms with Crippen LogP contribution >= 0.6 is 11.6 Å². The van der Waals surface area contributed by atoms with Crippen LogP contribution in [0.15, 0.2) is 42.5 Å². The molecule has 8 nitrogen and oxygen atoms in total. The second-order valence-corrected chi connectivity index (χ2v) is 9.26. The largest absolute Gasteiger partial charge is 0.488 e. The number of ketones is 1. The second-order valence-electron chi connectivity index (χ2n) is 8.86. The zero-order valence-electron chi connectivity index (χ0n) is 20.0. The Labute approximate surface area is 212 Å². The van der Waals surface area contributed by atoms with Crippen LogP contribution < -0.4 is 9.75 Å². The third-order valence-corrected chi connectivity index (χ3v) is 6.80. The van der Waals surface area contributed by atoms with Gasteiger partial charge in [-0.25, -0.2) is 4.79 Å². The predicted molar refractivity (Wildman–Crippen MR) is 137 cm³/mol. The lowest BCUT2D eigenvalue weighted by Crippen LogP contribution is -2.42. The van der Waals surface area contributed by atoms with Gasteiger partial charge in [-0.2, -0.15) is 14.9 Å². The highest BCUT2D eigenvalue weighted by atomic mass is 35.5. The number of aryl methyl sites for hydroxylation is 3. The van der Waals surface area contributed by atoms with Gasteiger partial charge in [-0.3, -0.25) is 4.79 Å². The number of aliphatic hydroxyl groups is 1. The third kappa shape index (κ3) is 3.70. The molecule has 0 saturated heterocycles. The van der Waals surface area contributed by atoms with Crippen LogP contribution in [0.2, 0.25) is 5.02 Å². The van der Waals surface area contributed by atoms with Gasteiger partial charge >= 0.3 is 6.09 Å². The topological polar surface area (TPSA) is 105 Å². The second kappa shape index (κ2) is 8.96. The van der Waals surface area contributed by atoms with Gasteiger partial charge in [0.1, 0.15) is 18.1 Å². The molecule has 0 unspecified atom stereocenters. The zero-order valence-corrected chi connectivity index (χ0v) is 20.8. The van der Waals surface area contributed by atoms with Gasteiger partial charge in [-0.15, -0.1) is 0 Å². The average Bonchev–Trinajstić information content (AvgIpc) is 3.20. The van der Waals surface area contributed by atoms with Gasteiger partial charge in [-0.1, -0.05) is 41.4 Å². The fraction of sp³-hybridized carbons (Fsp3) is 0.222. The molecule has 4 aromatic rings. The lowest BCUT2D eigenvalue weighted by Gasteiger charge is -2.20. The first-order valence-electron chi connectivity index (χ1n) is 11.4. The SMILES string of the molecule is Cc1cc(C)c(COc2cccc3c2C(=O)c2c(Cl)ccc4c2c-3nn4N(CCO)C(=O)O)c(C)c1. The summed E-state index contributed by atoms with van der Waals surface area (Å²) in [5, 5.41) is 25.3. The predicted octanol–water partition coefficient (Wildman–Crippen LogP) is 5.01. The molecule has 0 fully saturated rings. The van der Waals surface area contributed by atoms with Gasteiger partial charge in [0.05, 0.1) is 34.8 Å². The molecule has 0 atom stereocenters. The highest BCUT2D eigenvalue weighted by Crippen LogP contribution is 2.44. The first-order valence-corrected chi connectivity index (χ1v) is 11.8. The molecule has 0 spiro atoms. The van der Waals surface area contributed by atoms with E-state index in [2.05, 4.69) is 17.2 Å². The molecule has 5 rings (SSSR count). The van der Waals surface area contributed by atoms with Crippen LogP contribution in [0.4, 0.5) is 4.79 Å². The Morgan fingerprint density at radius 2 is 1.83 bits per heavy atom. The molecule has 1 amide bonds. The molecule has 1 heterocycles. The molecule has 0 bridgehead atoms. The lowest BCUT2D eigenvalue weighted by molar-refractivity contribution is 0.103. The molecule has 36 heavy (non-hydrogen) atoms. The fourth-order valence-electron chi connectivity index (χ4n) is 4.93. The average molecular weight is 506 g/mol. The highest BCUT2D eigenvalue weighted by Gasteiger charge is 2.34. The maximum Gasteiger partial charge on any atom is 0.428 e. The van der Waals surface area contributed by atoms with Crippen molar-refractivity contribution in [2.24, 2.45) is 0 Å². The normalized spacial score (nSPS) is 12.1. The van der Waals surface area contributed by atoms with E-state index in [-0.39, 0.29) is 29.5 Å². The number of aromatic nitrogens is 2. The Morgan fingerprint density at radius 3 is 2.50 bits per heavy atom. The minimum Gasteiger partial charge on any atom is -0.488 e. The van der Waals surface area contributed by atoms with Gasteiger partial charge in [0.2, 0.25) is 0 Å². The summed E-state index contributed by atoms with van der Waals surface area (Å²) in [6.45, 7) is 5.81. The van der Waals surface area contributed by atoms with E-state index >= 15 is 0 Å². The van der Waals surface area contributed by atoms with Crippen molar-refractivity contribution < 1.29 is 24.5 Å². The molecular formula is C27H24ClN3O5. The van der Waals surface area contributed by atoms with E-state index in [1.165, 1.54) is 10.4 Å². The number of aliphatic hydroxyl groups excluding tert-OH is 1. The Hall–Kier alpha value is -3.88. The zero-order chi connectivity index (χ0) is 25.7. The van der Waals surface area contributed by atoms with E-state index in [0.717, 1.165) is 21.7 Å². The monoisotopic (exact) mass is 505 g/mol. The van der Waals surface area contributed by atoms with E-state index in [4.69, 9.17) is 16.3 Å². The van der Waals surface area contributed by atoms with Crippen LogP contribution in [0.5, 0.6) is 5.75 Å². The fourth-order valence-corrected chi connectivity index (χ4v) is 5.17. The molecular weight excluding hydrogens is 482 g/mol. The van der Waals surface area contributed by atoms with E-state index in [0.29, 0.717) is 33.5 Å². The van der Waals surface area contributed by atoms with Crippen molar-refractivity contribution in [2.45, 2.75) is 27.4 Å². The first kappa shape index (κ1) is 23.8. The summed E-state index contributed by atoms with van der Waals surface area (Å²) >= 11 is 6.50. The number of halogens is 1. The van der Waals surface area contributed by atoms with Crippen molar-refractivity contribution >= 4 is 34.4 Å². The van der Waals surface area contributed by atoms with Gasteiger partial charge in [0, 0.05) is 10.9 Å². The maximum absolute atomic E-state index is 13.8. The Kier molecular flexibility index (Phi) is 5.94. The number of carbonyl (C=O) groups is 2. The van der Waals surface area contributed by atoms with Crippen molar-refractivity contribution in [1.82, 2.24) is 9.89 Å². The number of rotatable bonds is 6. The number of benzene rings is 3. The van der Waals surface area contributed by atoms with Gasteiger partial charge < -0.3 is 14.9 Å². The number of fused-ring (bicyclic) bond motifs is 2. The van der Waals surface area contributed by atoms with Crippen molar-refractivity contribution in [3.63, 3.8) is 0 Å². The molecule has 1 aliphatic carbocycles. The minimum absolute atomic E-state index is 0.192. The van der Waals surface area contributed by atoms with Crippen LogP contribution in [0.3, 0.4) is 0 Å². The summed E-state index contributed by atoms with van der Waals surface area (Å²) in [4.78, 5) is 26.9. The van der Waals surface area contributed by atoms with Crippen molar-refractivity contribution in [3.05, 3.63) is 80.9 Å². The Morgan fingerprint density at radius 1 is 1.11 bits per heavy atom. The van der Waals surface area contributed by atoms with Gasteiger partial charge in [0.25, 0.3) is 0 Å². The van der Waals surface area contributed by atoms with Gasteiger partial charge in [-0.05, 0) is 55.7 Å². The summed E-state index contributed by atoms with van der Waals surface area (Å²) < 4.78 is 6.21. The van der Waals surface area contributed by atoms with Crippen molar-refractivity contribution in [3.8, 4) is 17.0 Å². The van der Waals surface area contributed by atoms with Crippen LogP contribution in [-0.4, -0.2) is 45.1 Å². The number of hydrogen-bond acceptors (Lipinski definition) is 5. The number of ether oxygens (including phenoxy) is 1. The van der Waals surface area contributed by atoms with E-state index in [1.54, 1.807) is 30.3 Å². The van der Waals surface area contributed by atoms with Gasteiger partial charge in [0.15, 0.2) is 5.78 Å². The lowest BCUT2D eigenvalue weighted by atomic mass is 9.87. The Balaban J connectivity index is 1.66. The summed E-state index contributed by atoms with van der Waals surface area (Å²) in [6, 6.07) is 12.6. The molecule has 0 saturated carbocycles. The molecule has 1 aliphatic rings. The summed E-state index contributed by atoms with van der Waals surface area (Å²) in [5.74, 6) is 0.0835. The summed E-state index contributed by atoms with van der Waals surface area (Å²) in [7, 11) is 0. The van der Waals surface area contributed by atoms with Crippen molar-refractivity contribution in [2.75, 3.05) is 18.2 Å². The first-order chi connectivity index (χ1) is 17.2. The smallest absolute Gasteiger partial charge is 0.428 e. The number of amides is 1. The Bertz CT molecular complexity index is 1540.